The van der Waals surface area contributed by atoms with Crippen molar-refractivity contribution in [1.82, 2.24) is 0 Å². The van der Waals surface area contributed by atoms with Crippen LogP contribution in [0.3, 0.4) is 0 Å². The van der Waals surface area contributed by atoms with E-state index in [2.05, 4.69) is 47.5 Å². The quantitative estimate of drug-likeness (QED) is 0.494. The lowest BCUT2D eigenvalue weighted by molar-refractivity contribution is 1.22. The van der Waals surface area contributed by atoms with E-state index in [1.165, 1.54) is 16.7 Å². The molecule has 0 bridgehead atoms. The predicted octanol–water partition coefficient (Wildman–Crippen LogP) is 4.02. The maximum absolute atomic E-state index is 3.99. The van der Waals surface area contributed by atoms with Crippen molar-refractivity contribution in [3.05, 3.63) is 59.3 Å². The molecule has 0 saturated carbocycles. The van der Waals surface area contributed by atoms with Crippen molar-refractivity contribution in [3.8, 4) is 0 Å². The summed E-state index contributed by atoms with van der Waals surface area (Å²) in [5, 5.41) is 0. The first kappa shape index (κ1) is 12.4. The molecule has 0 fully saturated rings. The zero-order chi connectivity index (χ0) is 11.8. The van der Waals surface area contributed by atoms with Crippen molar-refractivity contribution in [2.24, 2.45) is 4.99 Å². The normalized spacial score (nSPS) is 17.8. The van der Waals surface area contributed by atoms with E-state index in [9.17, 15) is 0 Å². The maximum atomic E-state index is 3.99. The van der Waals surface area contributed by atoms with Gasteiger partial charge in [-0.3, -0.25) is 4.99 Å². The molecule has 0 heterocycles. The topological polar surface area (TPSA) is 12.4 Å². The first-order chi connectivity index (χ1) is 7.81. The second kappa shape index (κ2) is 6.78. The second-order valence-corrected chi connectivity index (χ2v) is 3.64. The minimum atomic E-state index is 1.01. The van der Waals surface area contributed by atoms with E-state index in [1.54, 1.807) is 7.05 Å². The van der Waals surface area contributed by atoms with Crippen LogP contribution >= 0.6 is 0 Å². The highest BCUT2D eigenvalue weighted by molar-refractivity contribution is 5.75. The number of hydrogen-bond acceptors (Lipinski definition) is 1. The molecule has 0 aliphatic heterocycles. The van der Waals surface area contributed by atoms with E-state index in [-0.39, 0.29) is 0 Å². The Bertz CT molecular complexity index is 401. The van der Waals surface area contributed by atoms with Crippen molar-refractivity contribution in [2.45, 2.75) is 20.3 Å². The van der Waals surface area contributed by atoms with Crippen LogP contribution in [-0.2, 0) is 0 Å². The highest BCUT2D eigenvalue weighted by atomic mass is 14.6. The fourth-order valence-corrected chi connectivity index (χ4v) is 1.68. The van der Waals surface area contributed by atoms with Gasteiger partial charge < -0.3 is 0 Å². The Kier molecular flexibility index (Phi) is 5.27. The van der Waals surface area contributed by atoms with Crippen LogP contribution in [0.5, 0.6) is 0 Å². The number of hydrogen-bond donors (Lipinski definition) is 0. The van der Waals surface area contributed by atoms with E-state index < -0.39 is 0 Å². The van der Waals surface area contributed by atoms with Gasteiger partial charge in [0.1, 0.15) is 0 Å². The van der Waals surface area contributed by atoms with Gasteiger partial charge in [0.15, 0.2) is 0 Å². The molecule has 0 aromatic carbocycles. The van der Waals surface area contributed by atoms with Crippen molar-refractivity contribution in [3.63, 3.8) is 0 Å². The van der Waals surface area contributed by atoms with Crippen LogP contribution in [0.1, 0.15) is 20.3 Å². The Morgan fingerprint density at radius 1 is 1.25 bits per heavy atom. The molecular formula is C15H19N. The lowest BCUT2D eigenvalue weighted by Gasteiger charge is -2.03. The highest BCUT2D eigenvalue weighted by Crippen LogP contribution is 2.26. The van der Waals surface area contributed by atoms with E-state index in [4.69, 9.17) is 0 Å². The molecule has 16 heavy (non-hydrogen) atoms. The summed E-state index contributed by atoms with van der Waals surface area (Å²) >= 11 is 0. The van der Waals surface area contributed by atoms with Crippen LogP contribution in [0, 0.1) is 0 Å². The molecule has 0 unspecified atom stereocenters. The van der Waals surface area contributed by atoms with Gasteiger partial charge in [-0.2, -0.15) is 0 Å². The first-order valence-electron chi connectivity index (χ1n) is 5.59. The zero-order valence-corrected chi connectivity index (χ0v) is 10.3. The summed E-state index contributed by atoms with van der Waals surface area (Å²) in [5.74, 6) is 0. The molecule has 1 heteroatoms. The third kappa shape index (κ3) is 3.50. The molecule has 84 valence electrons. The molecule has 0 spiro atoms. The van der Waals surface area contributed by atoms with E-state index in [0.29, 0.717) is 0 Å². The lowest BCUT2D eigenvalue weighted by atomic mass is 10.0. The summed E-state index contributed by atoms with van der Waals surface area (Å²) in [5.41, 5.74) is 3.95. The third-order valence-electron chi connectivity index (χ3n) is 2.39. The van der Waals surface area contributed by atoms with Gasteiger partial charge in [0, 0.05) is 13.3 Å². The van der Waals surface area contributed by atoms with E-state index in [0.717, 1.165) is 6.42 Å². The minimum Gasteiger partial charge on any atom is -0.296 e. The van der Waals surface area contributed by atoms with Crippen molar-refractivity contribution >= 4 is 6.21 Å². The summed E-state index contributed by atoms with van der Waals surface area (Å²) in [6.07, 6.45) is 17.7. The fourth-order valence-electron chi connectivity index (χ4n) is 1.68. The number of rotatable bonds is 4. The van der Waals surface area contributed by atoms with Crippen molar-refractivity contribution in [1.29, 1.82) is 0 Å². The largest absolute Gasteiger partial charge is 0.296 e. The molecule has 0 radical (unpaired) electrons. The summed E-state index contributed by atoms with van der Waals surface area (Å²) in [6.45, 7) is 4.08. The van der Waals surface area contributed by atoms with Gasteiger partial charge in [0.05, 0.1) is 0 Å². The van der Waals surface area contributed by atoms with E-state index in [1.807, 2.05) is 20.1 Å². The van der Waals surface area contributed by atoms with E-state index >= 15 is 0 Å². The molecule has 0 aromatic heterocycles. The minimum absolute atomic E-state index is 1.01. The Labute approximate surface area is 98.3 Å². The Balaban J connectivity index is 2.78. The summed E-state index contributed by atoms with van der Waals surface area (Å²) < 4.78 is 0. The van der Waals surface area contributed by atoms with Crippen LogP contribution in [-0.4, -0.2) is 13.3 Å². The van der Waals surface area contributed by atoms with Crippen LogP contribution in [0.25, 0.3) is 0 Å². The maximum Gasteiger partial charge on any atom is 0.0277 e. The number of aliphatic imine (C=N–C) groups is 1. The molecular weight excluding hydrogens is 194 g/mol. The van der Waals surface area contributed by atoms with Crippen LogP contribution < -0.4 is 0 Å². The highest BCUT2D eigenvalue weighted by Gasteiger charge is 2.08. The van der Waals surface area contributed by atoms with Crippen molar-refractivity contribution in [2.75, 3.05) is 7.05 Å². The van der Waals surface area contributed by atoms with Gasteiger partial charge >= 0.3 is 0 Å². The fraction of sp³-hybridized carbons (Fsp3) is 0.267. The average Bonchev–Trinajstić information content (AvgIpc) is 2.73. The predicted molar refractivity (Wildman–Crippen MR) is 72.9 cm³/mol. The summed E-state index contributed by atoms with van der Waals surface area (Å²) in [7, 11) is 1.79. The van der Waals surface area contributed by atoms with Gasteiger partial charge in [0.2, 0.25) is 0 Å². The van der Waals surface area contributed by atoms with Crippen LogP contribution in [0.4, 0.5) is 0 Å². The standard InChI is InChI=1S/C15H19N/c1-4-6-13-8-9-15(12-13)14(7-5-2)10-11-16-3/h4-11H,12H2,1-3H3/b6-4+,7-5+,14-10+,16-11-. The van der Waals surface area contributed by atoms with Gasteiger partial charge in [-0.1, -0.05) is 36.5 Å². The Morgan fingerprint density at radius 3 is 2.69 bits per heavy atom. The SMILES string of the molecule is C/C=C/C1=CC=C(C(/C=C/C)=C/C=N\C)C1. The molecule has 1 aliphatic rings. The monoisotopic (exact) mass is 213 g/mol. The Morgan fingerprint density at radius 2 is 2.06 bits per heavy atom. The van der Waals surface area contributed by atoms with Gasteiger partial charge in [-0.15, -0.1) is 0 Å². The van der Waals surface area contributed by atoms with Gasteiger partial charge in [-0.05, 0) is 43.1 Å². The smallest absolute Gasteiger partial charge is 0.0277 e. The summed E-state index contributed by atoms with van der Waals surface area (Å²) in [4.78, 5) is 3.99. The van der Waals surface area contributed by atoms with Gasteiger partial charge in [0.25, 0.3) is 0 Å². The lowest BCUT2D eigenvalue weighted by Crippen LogP contribution is -1.86. The van der Waals surface area contributed by atoms with Crippen LogP contribution in [0.2, 0.25) is 0 Å². The second-order valence-electron chi connectivity index (χ2n) is 3.64. The number of nitrogens with zero attached hydrogens (tertiary/aromatic N) is 1. The van der Waals surface area contributed by atoms with Gasteiger partial charge in [-0.25, -0.2) is 0 Å². The first-order valence-corrected chi connectivity index (χ1v) is 5.59. The molecule has 1 aliphatic carbocycles. The van der Waals surface area contributed by atoms with Crippen molar-refractivity contribution < 1.29 is 0 Å². The average molecular weight is 213 g/mol. The molecule has 1 rings (SSSR count). The molecule has 0 amide bonds. The Hall–Kier alpha value is -1.63. The molecule has 0 atom stereocenters. The molecule has 0 N–H and O–H groups in total. The van der Waals surface area contributed by atoms with Crippen LogP contribution in [0.15, 0.2) is 64.2 Å². The zero-order valence-electron chi connectivity index (χ0n) is 10.3. The number of allylic oxidation sites excluding steroid dienone is 10. The third-order valence-corrected chi connectivity index (χ3v) is 2.39. The molecule has 0 aromatic rings. The molecule has 1 nitrogen and oxygen atoms in total. The summed E-state index contributed by atoms with van der Waals surface area (Å²) in [6, 6.07) is 0. The molecule has 0 saturated heterocycles.